The number of aromatic nitrogens is 1. The maximum Gasteiger partial charge on any atom is 0.266 e. The Labute approximate surface area is 153 Å². The fraction of sp³-hybridized carbons (Fsp3) is 0.238. The molecule has 0 unspecified atom stereocenters. The van der Waals surface area contributed by atoms with Crippen LogP contribution in [0, 0.1) is 6.92 Å². The van der Waals surface area contributed by atoms with Gasteiger partial charge in [-0.15, -0.1) is 0 Å². The number of nitrogens with one attached hydrogen (secondary N) is 1. The fourth-order valence-corrected chi connectivity index (χ4v) is 3.39. The highest BCUT2D eigenvalue weighted by Gasteiger charge is 2.20. The Morgan fingerprint density at radius 1 is 1.12 bits per heavy atom. The highest BCUT2D eigenvalue weighted by Crippen LogP contribution is 2.19. The first kappa shape index (κ1) is 16.7. The van der Waals surface area contributed by atoms with Crippen LogP contribution in [0.4, 0.5) is 0 Å². The number of carbonyl (C=O) groups is 1. The van der Waals surface area contributed by atoms with Gasteiger partial charge in [-0.2, -0.15) is 5.12 Å². The maximum absolute atomic E-state index is 12.7. The van der Waals surface area contributed by atoms with Gasteiger partial charge in [-0.05, 0) is 48.7 Å². The molecule has 26 heavy (non-hydrogen) atoms. The molecule has 1 aromatic heterocycles. The van der Waals surface area contributed by atoms with Crippen LogP contribution in [0.1, 0.15) is 27.2 Å². The topological polar surface area (TPSA) is 48.5 Å². The van der Waals surface area contributed by atoms with Crippen molar-refractivity contribution in [1.29, 1.82) is 0 Å². The second-order valence-corrected chi connectivity index (χ2v) is 6.73. The van der Waals surface area contributed by atoms with Gasteiger partial charge in [-0.25, -0.2) is 5.01 Å². The lowest BCUT2D eigenvalue weighted by Gasteiger charge is -2.35. The summed E-state index contributed by atoms with van der Waals surface area (Å²) in [6.45, 7) is 3.65. The standard InChI is InChI=1S/C21H22N4O/c1-15-7-8-17-13-18(9-10-20(17)22-15)21(26)23-24(2)25-12-11-16-5-3-4-6-19(16)14-25/h3-10,13H,11-12,14H2,1-2H3,(H,23,26). The first-order chi connectivity index (χ1) is 12.6. The smallest absolute Gasteiger partial charge is 0.266 e. The van der Waals surface area contributed by atoms with E-state index in [0.717, 1.165) is 36.1 Å². The number of benzene rings is 2. The van der Waals surface area contributed by atoms with Gasteiger partial charge < -0.3 is 0 Å². The van der Waals surface area contributed by atoms with Gasteiger partial charge in [-0.1, -0.05) is 30.3 Å². The van der Waals surface area contributed by atoms with Crippen molar-refractivity contribution in [2.75, 3.05) is 13.6 Å². The van der Waals surface area contributed by atoms with Crippen molar-refractivity contribution in [3.8, 4) is 0 Å². The summed E-state index contributed by atoms with van der Waals surface area (Å²) in [5.74, 6) is -0.117. The van der Waals surface area contributed by atoms with Gasteiger partial charge in [0.15, 0.2) is 0 Å². The van der Waals surface area contributed by atoms with Crippen LogP contribution in [-0.2, 0) is 13.0 Å². The number of pyridine rings is 1. The number of hydrogen-bond donors (Lipinski definition) is 1. The van der Waals surface area contributed by atoms with Gasteiger partial charge in [0.25, 0.3) is 5.91 Å². The summed E-state index contributed by atoms with van der Waals surface area (Å²) in [6.07, 6.45) is 0.984. The number of nitrogens with zero attached hydrogens (tertiary/aromatic N) is 3. The van der Waals surface area contributed by atoms with E-state index in [4.69, 9.17) is 0 Å². The second-order valence-electron chi connectivity index (χ2n) is 6.73. The predicted molar refractivity (Wildman–Crippen MR) is 102 cm³/mol. The SMILES string of the molecule is Cc1ccc2cc(C(=O)NN(C)N3CCc4ccccc4C3)ccc2n1. The lowest BCUT2D eigenvalue weighted by Crippen LogP contribution is -2.52. The van der Waals surface area contributed by atoms with Crippen molar-refractivity contribution in [2.24, 2.45) is 0 Å². The molecule has 4 rings (SSSR count). The van der Waals surface area contributed by atoms with Crippen LogP contribution < -0.4 is 5.43 Å². The van der Waals surface area contributed by atoms with Gasteiger partial charge in [0.1, 0.15) is 0 Å². The summed E-state index contributed by atoms with van der Waals surface area (Å²) in [4.78, 5) is 17.1. The van der Waals surface area contributed by atoms with Crippen molar-refractivity contribution in [2.45, 2.75) is 19.9 Å². The Hall–Kier alpha value is -2.76. The Morgan fingerprint density at radius 2 is 1.92 bits per heavy atom. The van der Waals surface area contributed by atoms with Crippen LogP contribution in [-0.4, -0.2) is 34.6 Å². The van der Waals surface area contributed by atoms with Crippen LogP contribution >= 0.6 is 0 Å². The quantitative estimate of drug-likeness (QED) is 0.741. The van der Waals surface area contributed by atoms with Crippen molar-refractivity contribution in [3.05, 3.63) is 77.0 Å². The monoisotopic (exact) mass is 346 g/mol. The molecule has 2 aromatic carbocycles. The summed E-state index contributed by atoms with van der Waals surface area (Å²) >= 11 is 0. The Balaban J connectivity index is 1.47. The third-order valence-electron chi connectivity index (χ3n) is 4.89. The van der Waals surface area contributed by atoms with Crippen molar-refractivity contribution in [1.82, 2.24) is 20.5 Å². The molecule has 0 aliphatic carbocycles. The molecule has 0 atom stereocenters. The number of aryl methyl sites for hydroxylation is 1. The van der Waals surface area contributed by atoms with Crippen LogP contribution in [0.2, 0.25) is 0 Å². The van der Waals surface area contributed by atoms with Gasteiger partial charge in [0.05, 0.1) is 5.52 Å². The molecule has 1 amide bonds. The van der Waals surface area contributed by atoms with Gasteiger partial charge >= 0.3 is 0 Å². The molecular weight excluding hydrogens is 324 g/mol. The lowest BCUT2D eigenvalue weighted by atomic mass is 10.0. The van der Waals surface area contributed by atoms with E-state index in [1.54, 1.807) is 5.12 Å². The van der Waals surface area contributed by atoms with Crippen molar-refractivity contribution < 1.29 is 4.79 Å². The third-order valence-corrected chi connectivity index (χ3v) is 4.89. The number of carbonyl (C=O) groups excluding carboxylic acids is 1. The zero-order valence-corrected chi connectivity index (χ0v) is 15.1. The lowest BCUT2D eigenvalue weighted by molar-refractivity contribution is -0.0491. The molecule has 0 bridgehead atoms. The van der Waals surface area contributed by atoms with Crippen molar-refractivity contribution in [3.63, 3.8) is 0 Å². The number of hydrazine groups is 2. The summed E-state index contributed by atoms with van der Waals surface area (Å²) in [7, 11) is 1.89. The average Bonchev–Trinajstić information content (AvgIpc) is 2.67. The minimum absolute atomic E-state index is 0.117. The molecule has 1 aliphatic heterocycles. The summed E-state index contributed by atoms with van der Waals surface area (Å²) in [5, 5.41) is 4.92. The average molecular weight is 346 g/mol. The fourth-order valence-electron chi connectivity index (χ4n) is 3.39. The molecule has 5 nitrogen and oxygen atoms in total. The van der Waals surface area contributed by atoms with E-state index in [1.807, 2.05) is 44.3 Å². The zero-order chi connectivity index (χ0) is 18.1. The molecule has 2 heterocycles. The maximum atomic E-state index is 12.7. The molecule has 0 radical (unpaired) electrons. The number of hydrogen-bond acceptors (Lipinski definition) is 4. The second kappa shape index (κ2) is 6.86. The molecule has 1 aliphatic rings. The normalized spacial score (nSPS) is 14.4. The van der Waals surface area contributed by atoms with Gasteiger partial charge in [0, 0.05) is 36.8 Å². The van der Waals surface area contributed by atoms with E-state index >= 15 is 0 Å². The first-order valence-electron chi connectivity index (χ1n) is 8.84. The minimum Gasteiger partial charge on any atom is -0.271 e. The van der Waals surface area contributed by atoms with Crippen LogP contribution in [0.5, 0.6) is 0 Å². The molecule has 5 heteroatoms. The van der Waals surface area contributed by atoms with Crippen LogP contribution in [0.25, 0.3) is 10.9 Å². The zero-order valence-electron chi connectivity index (χ0n) is 15.1. The number of fused-ring (bicyclic) bond motifs is 2. The summed E-state index contributed by atoms with van der Waals surface area (Å²) in [5.41, 5.74) is 8.18. The van der Waals surface area contributed by atoms with Crippen LogP contribution in [0.15, 0.2) is 54.6 Å². The largest absolute Gasteiger partial charge is 0.271 e. The first-order valence-corrected chi connectivity index (χ1v) is 8.84. The molecule has 0 fully saturated rings. The number of amides is 1. The molecular formula is C21H22N4O. The van der Waals surface area contributed by atoms with Gasteiger partial charge in [0.2, 0.25) is 0 Å². The molecule has 0 spiro atoms. The van der Waals surface area contributed by atoms with E-state index in [1.165, 1.54) is 11.1 Å². The molecule has 132 valence electrons. The summed E-state index contributed by atoms with van der Waals surface area (Å²) in [6, 6.07) is 18.0. The Kier molecular flexibility index (Phi) is 4.41. The van der Waals surface area contributed by atoms with E-state index in [2.05, 4.69) is 39.7 Å². The summed E-state index contributed by atoms with van der Waals surface area (Å²) < 4.78 is 0. The van der Waals surface area contributed by atoms with E-state index in [9.17, 15) is 4.79 Å². The van der Waals surface area contributed by atoms with E-state index in [-0.39, 0.29) is 5.91 Å². The van der Waals surface area contributed by atoms with E-state index in [0.29, 0.717) is 5.56 Å². The third kappa shape index (κ3) is 3.31. The Morgan fingerprint density at radius 3 is 2.77 bits per heavy atom. The van der Waals surface area contributed by atoms with Gasteiger partial charge in [-0.3, -0.25) is 15.2 Å². The molecule has 0 saturated carbocycles. The molecule has 1 N–H and O–H groups in total. The van der Waals surface area contributed by atoms with E-state index < -0.39 is 0 Å². The number of rotatable bonds is 3. The highest BCUT2D eigenvalue weighted by molar-refractivity contribution is 5.97. The highest BCUT2D eigenvalue weighted by atomic mass is 16.2. The minimum atomic E-state index is -0.117. The van der Waals surface area contributed by atoms with Crippen LogP contribution in [0.3, 0.4) is 0 Å². The molecule has 0 saturated heterocycles. The van der Waals surface area contributed by atoms with Crippen molar-refractivity contribution >= 4 is 16.8 Å². The predicted octanol–water partition coefficient (Wildman–Crippen LogP) is 3.09. The Bertz CT molecular complexity index is 969. The molecule has 3 aromatic rings.